The Bertz CT molecular complexity index is 1250. The van der Waals surface area contributed by atoms with E-state index >= 15 is 0 Å². The Morgan fingerprint density at radius 3 is 0.960 bits per heavy atom. The second-order valence-electron chi connectivity index (χ2n) is 11.9. The summed E-state index contributed by atoms with van der Waals surface area (Å²) in [6.45, 7) is 5.81. The molecule has 0 bridgehead atoms. The summed E-state index contributed by atoms with van der Waals surface area (Å²) in [7, 11) is 0. The minimum atomic E-state index is 0. The van der Waals surface area contributed by atoms with Crippen molar-refractivity contribution in [1.82, 2.24) is 31.9 Å². The lowest BCUT2D eigenvalue weighted by atomic mass is 9.99. The van der Waals surface area contributed by atoms with Crippen molar-refractivity contribution in [2.24, 2.45) is 0 Å². The standard InChI is InChI=1S/C40H52N6S2.2ClH/c47-39(45-37(33-19-7-3-8-20-33)34-21-9-4-10-22-34)43-31-17-29-41-27-15-1-2-16-28-42-30-18-32-44-40(48)46-38(35-23-11-5-12-24-35)36-25-13-6-14-26-36;;/h3-14,19-26,37-38,41-42H,1-2,15-18,27-32H2,(H2,43,45,47)(H2,44,46,48);2*1H. The Morgan fingerprint density at radius 2 is 0.660 bits per heavy atom. The number of hydrogen-bond acceptors (Lipinski definition) is 4. The van der Waals surface area contributed by atoms with Crippen LogP contribution in [0.2, 0.25) is 0 Å². The average molecular weight is 754 g/mol. The molecule has 270 valence electrons. The first-order valence-corrected chi connectivity index (χ1v) is 18.2. The van der Waals surface area contributed by atoms with Crippen molar-refractivity contribution in [2.45, 2.75) is 50.6 Å². The summed E-state index contributed by atoms with van der Waals surface area (Å²) in [5, 5.41) is 22.3. The highest BCUT2D eigenvalue weighted by Gasteiger charge is 2.15. The van der Waals surface area contributed by atoms with Gasteiger partial charge >= 0.3 is 0 Å². The van der Waals surface area contributed by atoms with Crippen LogP contribution in [0.25, 0.3) is 0 Å². The average Bonchev–Trinajstić information content (AvgIpc) is 3.14. The Balaban J connectivity index is 0.00000433. The molecule has 10 heteroatoms. The van der Waals surface area contributed by atoms with E-state index in [9.17, 15) is 0 Å². The Hall–Kier alpha value is -3.24. The zero-order chi connectivity index (χ0) is 33.5. The van der Waals surface area contributed by atoms with Gasteiger partial charge in [0.25, 0.3) is 0 Å². The van der Waals surface area contributed by atoms with Crippen LogP contribution in [0.15, 0.2) is 121 Å². The van der Waals surface area contributed by atoms with Crippen LogP contribution in [0.5, 0.6) is 0 Å². The van der Waals surface area contributed by atoms with E-state index in [4.69, 9.17) is 24.4 Å². The summed E-state index contributed by atoms with van der Waals surface area (Å²) < 4.78 is 0. The number of unbranched alkanes of at least 4 members (excludes halogenated alkanes) is 3. The minimum absolute atomic E-state index is 0. The molecular weight excluding hydrogens is 700 g/mol. The van der Waals surface area contributed by atoms with Gasteiger partial charge in [0.05, 0.1) is 12.1 Å². The van der Waals surface area contributed by atoms with E-state index in [0.717, 1.165) is 52.1 Å². The summed E-state index contributed by atoms with van der Waals surface area (Å²) in [5.41, 5.74) is 4.79. The molecule has 50 heavy (non-hydrogen) atoms. The third kappa shape index (κ3) is 16.6. The second kappa shape index (κ2) is 26.6. The van der Waals surface area contributed by atoms with Crippen LogP contribution in [0.3, 0.4) is 0 Å². The van der Waals surface area contributed by atoms with Gasteiger partial charge in [-0.15, -0.1) is 24.8 Å². The second-order valence-corrected chi connectivity index (χ2v) is 12.7. The predicted molar refractivity (Wildman–Crippen MR) is 225 cm³/mol. The van der Waals surface area contributed by atoms with Gasteiger partial charge in [-0.05, 0) is 98.6 Å². The van der Waals surface area contributed by atoms with Gasteiger partial charge in [0, 0.05) is 13.1 Å². The van der Waals surface area contributed by atoms with Crippen LogP contribution in [0.1, 0.15) is 72.9 Å². The highest BCUT2D eigenvalue weighted by molar-refractivity contribution is 7.80. The van der Waals surface area contributed by atoms with Crippen LogP contribution in [0.4, 0.5) is 0 Å². The van der Waals surface area contributed by atoms with Crippen molar-refractivity contribution in [3.63, 3.8) is 0 Å². The first-order chi connectivity index (χ1) is 23.7. The van der Waals surface area contributed by atoms with Crippen LogP contribution >= 0.6 is 49.2 Å². The fraction of sp³-hybridized carbons (Fsp3) is 0.350. The maximum absolute atomic E-state index is 5.63. The van der Waals surface area contributed by atoms with Gasteiger partial charge in [-0.1, -0.05) is 134 Å². The van der Waals surface area contributed by atoms with Gasteiger partial charge in [-0.2, -0.15) is 0 Å². The molecule has 0 amide bonds. The quantitative estimate of drug-likeness (QED) is 0.0380. The zero-order valence-electron chi connectivity index (χ0n) is 28.8. The van der Waals surface area contributed by atoms with Gasteiger partial charge in [-0.25, -0.2) is 0 Å². The molecule has 0 fully saturated rings. The topological polar surface area (TPSA) is 72.2 Å². The molecule has 0 heterocycles. The van der Waals surface area contributed by atoms with E-state index in [1.54, 1.807) is 0 Å². The Labute approximate surface area is 323 Å². The molecule has 4 rings (SSSR count). The Morgan fingerprint density at radius 1 is 0.380 bits per heavy atom. The number of benzene rings is 4. The SMILES string of the molecule is Cl.Cl.S=C(NCCCNCCCCCCNCCCNC(=S)NC(c1ccccc1)c1ccccc1)NC(c1ccccc1)c1ccccc1. The molecule has 0 spiro atoms. The van der Waals surface area contributed by atoms with Crippen LogP contribution in [0, 0.1) is 0 Å². The number of thiocarbonyl (C=S) groups is 2. The van der Waals surface area contributed by atoms with E-state index in [1.165, 1.54) is 47.9 Å². The molecule has 0 atom stereocenters. The third-order valence-corrected chi connectivity index (χ3v) is 8.70. The smallest absolute Gasteiger partial charge is 0.167 e. The minimum Gasteiger partial charge on any atom is -0.363 e. The van der Waals surface area contributed by atoms with Gasteiger partial charge in [0.1, 0.15) is 0 Å². The molecule has 0 aromatic heterocycles. The summed E-state index contributed by atoms with van der Waals surface area (Å²) >= 11 is 11.3. The fourth-order valence-corrected chi connectivity index (χ4v) is 6.04. The van der Waals surface area contributed by atoms with Crippen LogP contribution in [-0.4, -0.2) is 49.5 Å². The number of nitrogens with one attached hydrogen (secondary N) is 6. The molecule has 4 aromatic carbocycles. The van der Waals surface area contributed by atoms with Gasteiger partial charge in [0.2, 0.25) is 0 Å². The zero-order valence-corrected chi connectivity index (χ0v) is 32.1. The van der Waals surface area contributed by atoms with E-state index in [2.05, 4.69) is 129 Å². The summed E-state index contributed by atoms with van der Waals surface area (Å²) in [4.78, 5) is 0. The largest absolute Gasteiger partial charge is 0.363 e. The van der Waals surface area contributed by atoms with Gasteiger partial charge in [-0.3, -0.25) is 0 Å². The molecule has 0 unspecified atom stereocenters. The van der Waals surface area contributed by atoms with E-state index in [-0.39, 0.29) is 36.9 Å². The summed E-state index contributed by atoms with van der Waals surface area (Å²) in [6.07, 6.45) is 7.00. The molecule has 0 radical (unpaired) electrons. The van der Waals surface area contributed by atoms with Gasteiger partial charge in [0.15, 0.2) is 10.2 Å². The monoisotopic (exact) mass is 752 g/mol. The first-order valence-electron chi connectivity index (χ1n) is 17.4. The molecule has 0 saturated heterocycles. The van der Waals surface area contributed by atoms with Crippen molar-refractivity contribution < 1.29 is 0 Å². The van der Waals surface area contributed by atoms with Crippen molar-refractivity contribution in [3.8, 4) is 0 Å². The molecule has 0 aliphatic carbocycles. The maximum atomic E-state index is 5.63. The molecule has 6 N–H and O–H groups in total. The fourth-order valence-electron chi connectivity index (χ4n) is 5.60. The van der Waals surface area contributed by atoms with Gasteiger partial charge < -0.3 is 31.9 Å². The first kappa shape index (κ1) is 42.9. The number of halogens is 2. The van der Waals surface area contributed by atoms with Crippen LogP contribution in [-0.2, 0) is 0 Å². The predicted octanol–water partition coefficient (Wildman–Crippen LogP) is 7.86. The normalized spacial score (nSPS) is 10.5. The van der Waals surface area contributed by atoms with Crippen molar-refractivity contribution in [1.29, 1.82) is 0 Å². The van der Waals surface area contributed by atoms with Crippen LogP contribution < -0.4 is 31.9 Å². The highest BCUT2D eigenvalue weighted by atomic mass is 35.5. The lowest BCUT2D eigenvalue weighted by Gasteiger charge is -2.22. The molecule has 0 aliphatic heterocycles. The summed E-state index contributed by atoms with van der Waals surface area (Å²) in [5.74, 6) is 0. The molecule has 0 aliphatic rings. The number of hydrogen-bond donors (Lipinski definition) is 6. The highest BCUT2D eigenvalue weighted by Crippen LogP contribution is 2.22. The number of rotatable bonds is 21. The Kier molecular flexibility index (Phi) is 22.8. The molecule has 0 saturated carbocycles. The van der Waals surface area contributed by atoms with E-state index in [1.807, 2.05) is 24.3 Å². The third-order valence-electron chi connectivity index (χ3n) is 8.17. The maximum Gasteiger partial charge on any atom is 0.167 e. The lowest BCUT2D eigenvalue weighted by molar-refractivity contribution is 0.551. The lowest BCUT2D eigenvalue weighted by Crippen LogP contribution is -2.39. The molecular formula is C40H54Cl2N6S2. The van der Waals surface area contributed by atoms with Crippen molar-refractivity contribution in [2.75, 3.05) is 39.3 Å². The van der Waals surface area contributed by atoms with Crippen molar-refractivity contribution >= 4 is 59.5 Å². The van der Waals surface area contributed by atoms with E-state index < -0.39 is 0 Å². The molecule has 6 nitrogen and oxygen atoms in total. The van der Waals surface area contributed by atoms with Crippen molar-refractivity contribution in [3.05, 3.63) is 144 Å². The summed E-state index contributed by atoms with van der Waals surface area (Å²) in [6, 6.07) is 41.9. The van der Waals surface area contributed by atoms with E-state index in [0.29, 0.717) is 10.2 Å². The molecule has 4 aromatic rings.